The molecular weight excluding hydrogens is 559 g/mol. The molecule has 0 unspecified atom stereocenters. The average molecular weight is 593 g/mol. The number of anilines is 1. The van der Waals surface area contributed by atoms with Crippen LogP contribution in [-0.2, 0) is 35.0 Å². The SMILES string of the molecule is CC(C)OC(=O)[C@@H](C)N[P@@](=O)(CO[C@@H](C)Cn1cnc2c(N)ncnc21)Oc1ccccc1.O=C(O)/C=C/C(=O)O. The fourth-order valence-electron chi connectivity index (χ4n) is 3.15. The van der Waals surface area contributed by atoms with Gasteiger partial charge in [0.1, 0.15) is 30.0 Å². The summed E-state index contributed by atoms with van der Waals surface area (Å²) in [5.41, 5.74) is 6.91. The van der Waals surface area contributed by atoms with Crippen LogP contribution < -0.4 is 15.3 Å². The fraction of sp³-hybridized carbons (Fsp3) is 0.360. The van der Waals surface area contributed by atoms with E-state index in [1.54, 1.807) is 55.9 Å². The lowest BCUT2D eigenvalue weighted by molar-refractivity contribution is -0.149. The molecule has 3 atom stereocenters. The molecule has 0 amide bonds. The van der Waals surface area contributed by atoms with Gasteiger partial charge in [0, 0.05) is 12.2 Å². The predicted molar refractivity (Wildman–Crippen MR) is 148 cm³/mol. The molecule has 5 N–H and O–H groups in total. The summed E-state index contributed by atoms with van der Waals surface area (Å²) in [5.74, 6) is -2.36. The number of nitrogen functional groups attached to an aromatic ring is 1. The van der Waals surface area contributed by atoms with Gasteiger partial charge in [0.15, 0.2) is 11.5 Å². The molecule has 3 aromatic rings. The third kappa shape index (κ3) is 11.4. The normalized spacial score (nSPS) is 14.1. The van der Waals surface area contributed by atoms with Crippen LogP contribution in [0, 0.1) is 0 Å². The number of carbonyl (C=O) groups excluding carboxylic acids is 1. The summed E-state index contributed by atoms with van der Waals surface area (Å²) in [7, 11) is -3.64. The Hall–Kier alpha value is -4.33. The van der Waals surface area contributed by atoms with Crippen LogP contribution in [0.3, 0.4) is 0 Å². The minimum absolute atomic E-state index is 0.272. The number of esters is 1. The Balaban J connectivity index is 0.000000642. The molecule has 0 aliphatic rings. The lowest BCUT2D eigenvalue weighted by Crippen LogP contribution is -2.37. The van der Waals surface area contributed by atoms with Crippen molar-refractivity contribution in [1.29, 1.82) is 0 Å². The third-order valence-electron chi connectivity index (χ3n) is 4.87. The van der Waals surface area contributed by atoms with Crippen LogP contribution in [0.15, 0.2) is 55.1 Å². The average Bonchev–Trinajstić information content (AvgIpc) is 3.30. The standard InChI is InChI=1S/C21H29N6O5P.C4H4O4/c1-14(2)31-21(28)16(4)26-33(29,32-17-8-6-5-7-9-17)13-30-15(3)10-27-12-25-18-19(22)23-11-24-20(18)27;5-3(6)1-2-4(7)8/h5-9,11-12,14-16H,10,13H2,1-4H3,(H,26,29)(H2,22,23,24);1-2H,(H,5,6)(H,7,8)/b;2-1+/t15-,16+,33+;/m0./s1. The topological polar surface area (TPSA) is 218 Å². The predicted octanol–water partition coefficient (Wildman–Crippen LogP) is 2.68. The van der Waals surface area contributed by atoms with E-state index < -0.39 is 31.5 Å². The zero-order valence-electron chi connectivity index (χ0n) is 22.9. The maximum atomic E-state index is 13.6. The maximum absolute atomic E-state index is 13.6. The second kappa shape index (κ2) is 15.5. The lowest BCUT2D eigenvalue weighted by atomic mass is 10.3. The van der Waals surface area contributed by atoms with Gasteiger partial charge >= 0.3 is 25.4 Å². The van der Waals surface area contributed by atoms with Crippen LogP contribution >= 0.6 is 7.52 Å². The van der Waals surface area contributed by atoms with Gasteiger partial charge in [0.05, 0.1) is 25.1 Å². The second-order valence-electron chi connectivity index (χ2n) is 8.86. The Bertz CT molecular complexity index is 1380. The molecule has 41 heavy (non-hydrogen) atoms. The molecule has 0 saturated carbocycles. The minimum atomic E-state index is -3.64. The molecule has 0 fully saturated rings. The minimum Gasteiger partial charge on any atom is -0.478 e. The number of rotatable bonds is 13. The number of hydrogen-bond donors (Lipinski definition) is 4. The number of carboxylic acids is 2. The maximum Gasteiger partial charge on any atom is 0.342 e. The van der Waals surface area contributed by atoms with Gasteiger partial charge < -0.3 is 34.5 Å². The Labute approximate surface area is 235 Å². The molecule has 0 aliphatic heterocycles. The van der Waals surface area contributed by atoms with Crippen LogP contribution in [0.1, 0.15) is 27.7 Å². The van der Waals surface area contributed by atoms with Crippen LogP contribution in [0.5, 0.6) is 5.75 Å². The Morgan fingerprint density at radius 1 is 1.05 bits per heavy atom. The Morgan fingerprint density at radius 2 is 1.68 bits per heavy atom. The molecule has 15 nitrogen and oxygen atoms in total. The lowest BCUT2D eigenvalue weighted by Gasteiger charge is -2.25. The summed E-state index contributed by atoms with van der Waals surface area (Å²) in [6.07, 6.45) is 3.13. The number of aliphatic carboxylic acids is 2. The molecule has 2 aromatic heterocycles. The molecular formula is C25H33N6O9P. The van der Waals surface area contributed by atoms with E-state index in [0.29, 0.717) is 41.4 Å². The number of imidazole rings is 1. The summed E-state index contributed by atoms with van der Waals surface area (Å²) in [6, 6.07) is 7.83. The van der Waals surface area contributed by atoms with Gasteiger partial charge in [-0.1, -0.05) is 18.2 Å². The summed E-state index contributed by atoms with van der Waals surface area (Å²) < 4.78 is 32.2. The molecule has 2 heterocycles. The van der Waals surface area contributed by atoms with Crippen molar-refractivity contribution in [3.05, 3.63) is 55.1 Å². The van der Waals surface area contributed by atoms with Gasteiger partial charge in [-0.3, -0.25) is 9.36 Å². The Kier molecular flexibility index (Phi) is 12.4. The van der Waals surface area contributed by atoms with E-state index in [0.717, 1.165) is 0 Å². The highest BCUT2D eigenvalue weighted by Crippen LogP contribution is 2.44. The number of para-hydroxylation sites is 1. The molecule has 1 aromatic carbocycles. The van der Waals surface area contributed by atoms with Gasteiger partial charge in [-0.25, -0.2) is 29.6 Å². The first kappa shape index (κ1) is 32.9. The molecule has 0 bridgehead atoms. The number of nitrogens with one attached hydrogen (secondary N) is 1. The number of nitrogens with two attached hydrogens (primary N) is 1. The van der Waals surface area contributed by atoms with Crippen molar-refractivity contribution in [2.75, 3.05) is 12.1 Å². The quantitative estimate of drug-likeness (QED) is 0.127. The van der Waals surface area contributed by atoms with Crippen molar-refractivity contribution in [2.45, 2.75) is 52.5 Å². The summed E-state index contributed by atoms with van der Waals surface area (Å²) >= 11 is 0. The summed E-state index contributed by atoms with van der Waals surface area (Å²) in [5, 5.41) is 18.4. The molecule has 16 heteroatoms. The van der Waals surface area contributed by atoms with Crippen molar-refractivity contribution >= 4 is 42.4 Å². The van der Waals surface area contributed by atoms with Crippen molar-refractivity contribution in [3.63, 3.8) is 0 Å². The number of carbonyl (C=O) groups is 3. The third-order valence-corrected chi connectivity index (χ3v) is 6.65. The van der Waals surface area contributed by atoms with E-state index in [-0.39, 0.29) is 18.6 Å². The largest absolute Gasteiger partial charge is 0.478 e. The van der Waals surface area contributed by atoms with Gasteiger partial charge in [-0.2, -0.15) is 0 Å². The van der Waals surface area contributed by atoms with E-state index in [2.05, 4.69) is 20.0 Å². The highest BCUT2D eigenvalue weighted by Gasteiger charge is 2.32. The zero-order valence-corrected chi connectivity index (χ0v) is 23.8. The van der Waals surface area contributed by atoms with E-state index in [1.807, 2.05) is 13.0 Å². The van der Waals surface area contributed by atoms with E-state index >= 15 is 0 Å². The Morgan fingerprint density at radius 3 is 2.27 bits per heavy atom. The molecule has 0 saturated heterocycles. The first-order chi connectivity index (χ1) is 19.3. The molecule has 3 rings (SSSR count). The highest BCUT2D eigenvalue weighted by molar-refractivity contribution is 7.57. The van der Waals surface area contributed by atoms with Crippen LogP contribution in [0.25, 0.3) is 11.2 Å². The number of aromatic nitrogens is 4. The summed E-state index contributed by atoms with van der Waals surface area (Å²) in [4.78, 5) is 43.7. The van der Waals surface area contributed by atoms with Gasteiger partial charge in [0.25, 0.3) is 0 Å². The summed E-state index contributed by atoms with van der Waals surface area (Å²) in [6.45, 7) is 7.25. The number of benzene rings is 1. The number of hydrogen-bond acceptors (Lipinski definition) is 11. The van der Waals surface area contributed by atoms with Crippen LogP contribution in [0.2, 0.25) is 0 Å². The van der Waals surface area contributed by atoms with Gasteiger partial charge in [-0.05, 0) is 39.8 Å². The molecule has 222 valence electrons. The molecule has 0 spiro atoms. The van der Waals surface area contributed by atoms with Crippen LogP contribution in [0.4, 0.5) is 5.82 Å². The monoisotopic (exact) mass is 592 g/mol. The second-order valence-corrected chi connectivity index (χ2v) is 10.9. The van der Waals surface area contributed by atoms with Gasteiger partial charge in [-0.15, -0.1) is 0 Å². The first-order valence-electron chi connectivity index (χ1n) is 12.3. The highest BCUT2D eigenvalue weighted by atomic mass is 31.2. The number of ether oxygens (including phenoxy) is 2. The fourth-order valence-corrected chi connectivity index (χ4v) is 4.94. The first-order valence-corrected chi connectivity index (χ1v) is 14.1. The van der Waals surface area contributed by atoms with Crippen molar-refractivity contribution in [2.24, 2.45) is 0 Å². The number of carboxylic acid groups (broad SMARTS) is 2. The molecule has 0 aliphatic carbocycles. The van der Waals surface area contributed by atoms with Crippen molar-refractivity contribution < 1.29 is 43.2 Å². The van der Waals surface area contributed by atoms with Gasteiger partial charge in [0.2, 0.25) is 0 Å². The molecule has 0 radical (unpaired) electrons. The van der Waals surface area contributed by atoms with E-state index in [9.17, 15) is 18.9 Å². The smallest absolute Gasteiger partial charge is 0.342 e. The van der Waals surface area contributed by atoms with Crippen molar-refractivity contribution in [1.82, 2.24) is 24.6 Å². The van der Waals surface area contributed by atoms with Crippen molar-refractivity contribution in [3.8, 4) is 5.75 Å². The number of fused-ring (bicyclic) bond motifs is 1. The zero-order chi connectivity index (χ0) is 30.6. The van der Waals surface area contributed by atoms with Crippen LogP contribution in [-0.4, -0.2) is 72.2 Å². The van der Waals surface area contributed by atoms with E-state index in [1.165, 1.54) is 6.33 Å². The number of nitrogens with zero attached hydrogens (tertiary/aromatic N) is 4. The van der Waals surface area contributed by atoms with E-state index in [4.69, 9.17) is 29.9 Å².